The van der Waals surface area contributed by atoms with Gasteiger partial charge in [-0.15, -0.1) is 0 Å². The zero-order valence-electron chi connectivity index (χ0n) is 35.7. The first-order chi connectivity index (χ1) is 26.5. The van der Waals surface area contributed by atoms with Crippen molar-refractivity contribution >= 4 is 11.9 Å². The van der Waals surface area contributed by atoms with E-state index in [2.05, 4.69) is 43.5 Å². The number of nitrogens with one attached hydrogen (secondary N) is 1. The lowest BCUT2D eigenvalue weighted by molar-refractivity contribution is -0.143. The number of allylic oxidation sites excluding steroid dienone is 5. The fourth-order valence-corrected chi connectivity index (χ4v) is 6.78. The maximum Gasteiger partial charge on any atom is 0.305 e. The summed E-state index contributed by atoms with van der Waals surface area (Å²) in [7, 11) is 0. The number of hydrogen-bond acceptors (Lipinski definition) is 5. The molecule has 0 bridgehead atoms. The minimum Gasteiger partial charge on any atom is -0.466 e. The van der Waals surface area contributed by atoms with Crippen LogP contribution < -0.4 is 5.32 Å². The molecule has 0 aliphatic rings. The maximum atomic E-state index is 12.4. The second-order valence-corrected chi connectivity index (χ2v) is 15.7. The maximum absolute atomic E-state index is 12.4. The number of amides is 1. The number of ether oxygens (including phenoxy) is 1. The van der Waals surface area contributed by atoms with Gasteiger partial charge in [0.05, 0.1) is 25.4 Å². The van der Waals surface area contributed by atoms with Crippen molar-refractivity contribution in [2.45, 2.75) is 244 Å². The van der Waals surface area contributed by atoms with Gasteiger partial charge in [0, 0.05) is 12.8 Å². The monoisotopic (exact) mass is 760 g/mol. The van der Waals surface area contributed by atoms with E-state index in [1.54, 1.807) is 6.08 Å². The van der Waals surface area contributed by atoms with E-state index < -0.39 is 12.1 Å². The topological polar surface area (TPSA) is 95.9 Å². The van der Waals surface area contributed by atoms with Crippen molar-refractivity contribution in [3.63, 3.8) is 0 Å². The van der Waals surface area contributed by atoms with Gasteiger partial charge in [0.15, 0.2) is 0 Å². The molecule has 0 aromatic rings. The summed E-state index contributed by atoms with van der Waals surface area (Å²) in [6, 6.07) is -0.641. The van der Waals surface area contributed by atoms with Crippen LogP contribution in [0.4, 0.5) is 0 Å². The molecule has 0 heterocycles. The molecular weight excluding hydrogens is 671 g/mol. The number of aliphatic hydroxyl groups excluding tert-OH is 2. The van der Waals surface area contributed by atoms with Gasteiger partial charge in [-0.3, -0.25) is 9.59 Å². The lowest BCUT2D eigenvalue weighted by Crippen LogP contribution is -2.45. The SMILES string of the molecule is CCCCCC/C=C\C/C=C\CCCCCCCC(=O)OCCCCCCCCCCCCCC(=O)NC(CO)C(O)/C=C/CCCCCCCCCC. The Morgan fingerprint density at radius 1 is 0.519 bits per heavy atom. The number of carbonyl (C=O) groups excluding carboxylic acids is 2. The summed E-state index contributed by atoms with van der Waals surface area (Å²) in [6.07, 6.45) is 51.3. The second kappa shape index (κ2) is 43.8. The van der Waals surface area contributed by atoms with Crippen LogP contribution in [-0.4, -0.2) is 47.4 Å². The highest BCUT2D eigenvalue weighted by atomic mass is 16.5. The highest BCUT2D eigenvalue weighted by molar-refractivity contribution is 5.76. The van der Waals surface area contributed by atoms with Crippen molar-refractivity contribution in [1.29, 1.82) is 0 Å². The molecule has 1 amide bonds. The first-order valence-electron chi connectivity index (χ1n) is 23.3. The summed E-state index contributed by atoms with van der Waals surface area (Å²) in [5.41, 5.74) is 0. The van der Waals surface area contributed by atoms with Gasteiger partial charge < -0.3 is 20.3 Å². The van der Waals surface area contributed by atoms with E-state index >= 15 is 0 Å². The van der Waals surface area contributed by atoms with Crippen LogP contribution in [0.1, 0.15) is 232 Å². The molecule has 0 aromatic carbocycles. The Bertz CT molecular complexity index is 884. The van der Waals surface area contributed by atoms with Crippen molar-refractivity contribution in [3.8, 4) is 0 Å². The molecule has 6 nitrogen and oxygen atoms in total. The molecule has 2 unspecified atom stereocenters. The van der Waals surface area contributed by atoms with Crippen molar-refractivity contribution in [2.75, 3.05) is 13.2 Å². The predicted molar refractivity (Wildman–Crippen MR) is 232 cm³/mol. The van der Waals surface area contributed by atoms with E-state index in [9.17, 15) is 19.8 Å². The van der Waals surface area contributed by atoms with Crippen LogP contribution in [0.3, 0.4) is 0 Å². The highest BCUT2D eigenvalue weighted by Crippen LogP contribution is 2.14. The van der Waals surface area contributed by atoms with Gasteiger partial charge in [-0.2, -0.15) is 0 Å². The average molecular weight is 760 g/mol. The van der Waals surface area contributed by atoms with Crippen molar-refractivity contribution in [2.24, 2.45) is 0 Å². The Balaban J connectivity index is 3.51. The van der Waals surface area contributed by atoms with Crippen LogP contribution in [0.25, 0.3) is 0 Å². The summed E-state index contributed by atoms with van der Waals surface area (Å²) < 4.78 is 5.44. The van der Waals surface area contributed by atoms with Crippen LogP contribution in [0.2, 0.25) is 0 Å². The average Bonchev–Trinajstić information content (AvgIpc) is 3.17. The molecular formula is C48H89NO5. The fourth-order valence-electron chi connectivity index (χ4n) is 6.78. The zero-order chi connectivity index (χ0) is 39.4. The number of carbonyl (C=O) groups is 2. The Labute approximate surface area is 334 Å². The van der Waals surface area contributed by atoms with Gasteiger partial charge >= 0.3 is 5.97 Å². The highest BCUT2D eigenvalue weighted by Gasteiger charge is 2.18. The standard InChI is InChI=1S/C48H89NO5/c1-3-5-7-9-11-13-15-16-17-18-19-22-26-30-34-38-42-48(53)54-43-39-35-31-27-23-20-21-25-29-33-37-41-47(52)49-45(44-50)46(51)40-36-32-28-24-14-12-10-8-6-4-2/h13,15,17-18,36,40,45-46,50-51H,3-12,14,16,19-35,37-39,41-44H2,1-2H3,(H,49,52)/b15-13-,18-17-,40-36+. The second-order valence-electron chi connectivity index (χ2n) is 15.7. The van der Waals surface area contributed by atoms with Crippen LogP contribution in [0, 0.1) is 0 Å². The minimum atomic E-state index is -0.855. The molecule has 0 saturated heterocycles. The fraction of sp³-hybridized carbons (Fsp3) is 0.833. The predicted octanol–water partition coefficient (Wildman–Crippen LogP) is 13.3. The molecule has 0 aliphatic carbocycles. The Morgan fingerprint density at radius 3 is 1.43 bits per heavy atom. The van der Waals surface area contributed by atoms with E-state index in [4.69, 9.17) is 4.74 Å². The van der Waals surface area contributed by atoms with Crippen LogP contribution in [-0.2, 0) is 14.3 Å². The molecule has 0 fully saturated rings. The lowest BCUT2D eigenvalue weighted by Gasteiger charge is -2.20. The van der Waals surface area contributed by atoms with Gasteiger partial charge in [-0.05, 0) is 64.2 Å². The number of rotatable bonds is 42. The molecule has 316 valence electrons. The van der Waals surface area contributed by atoms with E-state index in [1.165, 1.54) is 135 Å². The summed E-state index contributed by atoms with van der Waals surface area (Å²) in [6.45, 7) is 4.80. The van der Waals surface area contributed by atoms with E-state index in [-0.39, 0.29) is 18.5 Å². The van der Waals surface area contributed by atoms with Gasteiger partial charge in [-0.1, -0.05) is 192 Å². The van der Waals surface area contributed by atoms with Gasteiger partial charge in [0.25, 0.3) is 0 Å². The van der Waals surface area contributed by atoms with Gasteiger partial charge in [-0.25, -0.2) is 0 Å². The number of aliphatic hydroxyl groups is 2. The van der Waals surface area contributed by atoms with Crippen molar-refractivity contribution < 1.29 is 24.5 Å². The largest absolute Gasteiger partial charge is 0.466 e. The summed E-state index contributed by atoms with van der Waals surface area (Å²) >= 11 is 0. The Kier molecular flexibility index (Phi) is 42.2. The lowest BCUT2D eigenvalue weighted by atomic mass is 10.0. The van der Waals surface area contributed by atoms with Crippen molar-refractivity contribution in [3.05, 3.63) is 36.5 Å². The molecule has 54 heavy (non-hydrogen) atoms. The first kappa shape index (κ1) is 52.1. The quantitative estimate of drug-likeness (QED) is 0.0327. The third kappa shape index (κ3) is 39.8. The molecule has 0 radical (unpaired) electrons. The first-order valence-corrected chi connectivity index (χ1v) is 23.3. The van der Waals surface area contributed by atoms with Gasteiger partial charge in [0.1, 0.15) is 0 Å². The molecule has 6 heteroatoms. The van der Waals surface area contributed by atoms with E-state index in [0.29, 0.717) is 19.4 Å². The van der Waals surface area contributed by atoms with E-state index in [0.717, 1.165) is 70.6 Å². The smallest absolute Gasteiger partial charge is 0.305 e. The Morgan fingerprint density at radius 2 is 0.926 bits per heavy atom. The number of unbranched alkanes of at least 4 members (excludes halogenated alkanes) is 27. The van der Waals surface area contributed by atoms with E-state index in [1.807, 2.05) is 6.08 Å². The summed E-state index contributed by atoms with van der Waals surface area (Å²) in [5.74, 6) is -0.121. The number of esters is 1. The van der Waals surface area contributed by atoms with Crippen LogP contribution in [0.15, 0.2) is 36.5 Å². The molecule has 2 atom stereocenters. The third-order valence-corrected chi connectivity index (χ3v) is 10.4. The minimum absolute atomic E-state index is 0.0302. The Hall–Kier alpha value is -1.92. The van der Waals surface area contributed by atoms with Crippen LogP contribution in [0.5, 0.6) is 0 Å². The van der Waals surface area contributed by atoms with Crippen molar-refractivity contribution in [1.82, 2.24) is 5.32 Å². The molecule has 0 aliphatic heterocycles. The molecule has 0 rings (SSSR count). The van der Waals surface area contributed by atoms with Gasteiger partial charge in [0.2, 0.25) is 5.91 Å². The zero-order valence-corrected chi connectivity index (χ0v) is 35.7. The molecule has 0 spiro atoms. The van der Waals surface area contributed by atoms with Crippen LogP contribution >= 0.6 is 0 Å². The number of hydrogen-bond donors (Lipinski definition) is 3. The summed E-state index contributed by atoms with van der Waals surface area (Å²) in [4.78, 5) is 24.4. The summed E-state index contributed by atoms with van der Waals surface area (Å²) in [5, 5.41) is 22.9. The molecule has 0 saturated carbocycles. The normalized spacial score (nSPS) is 13.0. The molecule has 3 N–H and O–H groups in total. The third-order valence-electron chi connectivity index (χ3n) is 10.4. The molecule has 0 aromatic heterocycles.